The molecule has 2 atom stereocenters. The molecule has 420 valence electrons. The van der Waals surface area contributed by atoms with Crippen LogP contribution in [0.2, 0.25) is 0 Å². The number of carbonyl (C=O) groups is 2. The molecule has 0 rings (SSSR count). The molecule has 0 aromatic heterocycles. The summed E-state index contributed by atoms with van der Waals surface area (Å²) in [4.78, 5) is 35.5. The van der Waals surface area contributed by atoms with E-state index in [9.17, 15) is 19.0 Å². The minimum atomic E-state index is -4.39. The number of hydrogen-bond donors (Lipinski definition) is 1. The first-order chi connectivity index (χ1) is 36.0. The molecule has 0 aliphatic heterocycles. The maximum Gasteiger partial charge on any atom is 0.472 e. The molecule has 0 saturated carbocycles. The maximum atomic E-state index is 12.8. The molecule has 0 bridgehead atoms. The Labute approximate surface area is 453 Å². The molecule has 0 fully saturated rings. The number of quaternary nitrogens is 1. The van der Waals surface area contributed by atoms with E-state index in [-0.39, 0.29) is 32.0 Å². The van der Waals surface area contributed by atoms with Crippen LogP contribution in [0.3, 0.4) is 0 Å². The molecule has 1 N–H and O–H groups in total. The first-order valence-corrected chi connectivity index (χ1v) is 30.4. The highest BCUT2D eigenvalue weighted by Gasteiger charge is 2.27. The number of allylic oxidation sites excluding steroid dienone is 22. The number of hydrogen-bond acceptors (Lipinski definition) is 7. The Hall–Kier alpha value is -3.85. The molecule has 2 unspecified atom stereocenters. The lowest BCUT2D eigenvalue weighted by Gasteiger charge is -2.24. The molecule has 0 aromatic rings. The molecule has 0 aromatic carbocycles. The Bertz CT molecular complexity index is 1710. The van der Waals surface area contributed by atoms with Crippen LogP contribution in [-0.4, -0.2) is 74.9 Å². The lowest BCUT2D eigenvalue weighted by atomic mass is 10.1. The summed E-state index contributed by atoms with van der Waals surface area (Å²) < 4.78 is 34.4. The fourth-order valence-corrected chi connectivity index (χ4v) is 7.94. The molecular formula is C64H107NO8P+. The van der Waals surface area contributed by atoms with Crippen LogP contribution in [0.15, 0.2) is 134 Å². The van der Waals surface area contributed by atoms with E-state index in [1.807, 2.05) is 21.1 Å². The van der Waals surface area contributed by atoms with Crippen molar-refractivity contribution in [2.75, 3.05) is 47.5 Å². The summed E-state index contributed by atoms with van der Waals surface area (Å²) in [6.45, 7) is 4.23. The lowest BCUT2D eigenvalue weighted by Crippen LogP contribution is -2.37. The summed E-state index contributed by atoms with van der Waals surface area (Å²) in [5, 5.41) is 0. The molecule has 0 aliphatic rings. The van der Waals surface area contributed by atoms with Gasteiger partial charge in [0.2, 0.25) is 0 Å². The van der Waals surface area contributed by atoms with Gasteiger partial charge in [-0.25, -0.2) is 4.57 Å². The molecule has 0 spiro atoms. The Morgan fingerprint density at radius 1 is 0.432 bits per heavy atom. The van der Waals surface area contributed by atoms with Crippen LogP contribution in [0.25, 0.3) is 0 Å². The van der Waals surface area contributed by atoms with E-state index in [1.54, 1.807) is 0 Å². The standard InChI is InChI=1S/C64H106NO8P/c1-6-8-10-12-14-16-18-19-20-21-22-23-24-25-26-27-28-29-30-31-32-33-34-35-36-37-38-39-40-41-42-43-44-45-47-49-51-53-55-57-64(67)73-62(61-72-74(68,69)71-59-58-65(3,4)5)60-70-63(66)56-54-52-50-48-46-17-15-13-11-9-7-2/h8,10,13-16,19-20,22-23,25-26,28-29,31-32,34-35,37-38,40-41,62H,6-7,9,11-12,17-18,21,24,27,30,33,36,39,42-61H2,1-5H3/p+1/b10-8-,15-13-,16-14-,20-19-,23-22-,26-25-,29-28-,32-31-,35-34-,38-37-,41-40-. The van der Waals surface area contributed by atoms with Crippen LogP contribution in [0.1, 0.15) is 206 Å². The molecule has 10 heteroatoms. The Balaban J connectivity index is 4.11. The summed E-state index contributed by atoms with van der Waals surface area (Å²) in [5.74, 6) is -0.829. The second-order valence-electron chi connectivity index (χ2n) is 19.9. The first-order valence-electron chi connectivity index (χ1n) is 28.9. The van der Waals surface area contributed by atoms with Gasteiger partial charge in [0.15, 0.2) is 6.10 Å². The van der Waals surface area contributed by atoms with E-state index in [2.05, 4.69) is 148 Å². The van der Waals surface area contributed by atoms with E-state index in [4.69, 9.17) is 18.5 Å². The van der Waals surface area contributed by atoms with Crippen LogP contribution in [0.5, 0.6) is 0 Å². The summed E-state index contributed by atoms with van der Waals surface area (Å²) in [6.07, 6.45) is 78.2. The predicted octanol–water partition coefficient (Wildman–Crippen LogP) is 18.1. The number of likely N-dealkylation sites (N-methyl/N-ethyl adjacent to an activating group) is 1. The van der Waals surface area contributed by atoms with Gasteiger partial charge in [0.05, 0.1) is 27.7 Å². The summed E-state index contributed by atoms with van der Waals surface area (Å²) in [7, 11) is 1.45. The van der Waals surface area contributed by atoms with Gasteiger partial charge < -0.3 is 18.9 Å². The third-order valence-electron chi connectivity index (χ3n) is 11.7. The minimum absolute atomic E-state index is 0.0223. The zero-order valence-corrected chi connectivity index (χ0v) is 48.4. The largest absolute Gasteiger partial charge is 0.472 e. The molecule has 0 saturated heterocycles. The first kappa shape index (κ1) is 70.1. The second kappa shape index (κ2) is 54.0. The van der Waals surface area contributed by atoms with Gasteiger partial charge in [-0.1, -0.05) is 218 Å². The maximum absolute atomic E-state index is 12.8. The van der Waals surface area contributed by atoms with Crippen LogP contribution in [0.4, 0.5) is 0 Å². The van der Waals surface area contributed by atoms with Crippen molar-refractivity contribution in [3.05, 3.63) is 134 Å². The van der Waals surface area contributed by atoms with Crippen LogP contribution < -0.4 is 0 Å². The topological polar surface area (TPSA) is 108 Å². The Morgan fingerprint density at radius 3 is 1.16 bits per heavy atom. The van der Waals surface area contributed by atoms with Crippen LogP contribution in [-0.2, 0) is 32.7 Å². The third-order valence-corrected chi connectivity index (χ3v) is 12.6. The number of rotatable bonds is 51. The number of unbranched alkanes of at least 4 members (excludes halogenated alkanes) is 15. The number of phosphoric acid groups is 1. The van der Waals surface area contributed by atoms with Crippen LogP contribution in [0, 0.1) is 0 Å². The SMILES string of the molecule is CC/C=C\C/C=C\C/C=C\C/C=C\C/C=C\C/C=C\C/C=C\C/C=C\C/C=C\C/C=C\CCCCCCCCCCC(=O)OC(COC(=O)CCCCCCC/C=C\CCCC)COP(=O)(O)OCC[N+](C)(C)C. The average Bonchev–Trinajstić information content (AvgIpc) is 3.36. The lowest BCUT2D eigenvalue weighted by molar-refractivity contribution is -0.870. The summed E-state index contributed by atoms with van der Waals surface area (Å²) in [5.41, 5.74) is 0. The van der Waals surface area contributed by atoms with Crippen molar-refractivity contribution >= 4 is 19.8 Å². The number of carbonyl (C=O) groups excluding carboxylic acids is 2. The van der Waals surface area contributed by atoms with Gasteiger partial charge in [-0.15, -0.1) is 0 Å². The number of ether oxygens (including phenoxy) is 2. The smallest absolute Gasteiger partial charge is 0.462 e. The predicted molar refractivity (Wildman–Crippen MR) is 316 cm³/mol. The normalized spacial score (nSPS) is 14.3. The van der Waals surface area contributed by atoms with Crippen LogP contribution >= 0.6 is 7.82 Å². The number of nitrogens with zero attached hydrogens (tertiary/aromatic N) is 1. The van der Waals surface area contributed by atoms with E-state index in [0.29, 0.717) is 17.4 Å². The van der Waals surface area contributed by atoms with Gasteiger partial charge in [0, 0.05) is 12.8 Å². The van der Waals surface area contributed by atoms with E-state index in [0.717, 1.165) is 135 Å². The molecule has 0 heterocycles. The highest BCUT2D eigenvalue weighted by molar-refractivity contribution is 7.47. The second-order valence-corrected chi connectivity index (χ2v) is 21.4. The van der Waals surface area contributed by atoms with E-state index >= 15 is 0 Å². The molecule has 0 amide bonds. The van der Waals surface area contributed by atoms with E-state index in [1.165, 1.54) is 38.5 Å². The van der Waals surface area contributed by atoms with Crippen molar-refractivity contribution in [1.29, 1.82) is 0 Å². The molecule has 0 radical (unpaired) electrons. The van der Waals surface area contributed by atoms with Gasteiger partial charge in [0.1, 0.15) is 19.8 Å². The van der Waals surface area contributed by atoms with Crippen molar-refractivity contribution in [3.8, 4) is 0 Å². The van der Waals surface area contributed by atoms with Crippen molar-refractivity contribution < 1.29 is 42.1 Å². The summed E-state index contributed by atoms with van der Waals surface area (Å²) in [6, 6.07) is 0. The molecule has 0 aliphatic carbocycles. The minimum Gasteiger partial charge on any atom is -0.462 e. The Morgan fingerprint density at radius 2 is 0.770 bits per heavy atom. The molecule has 9 nitrogen and oxygen atoms in total. The average molecular weight is 1050 g/mol. The monoisotopic (exact) mass is 1050 g/mol. The van der Waals surface area contributed by atoms with Crippen molar-refractivity contribution in [1.82, 2.24) is 0 Å². The Kier molecular flexibility index (Phi) is 51.2. The zero-order chi connectivity index (χ0) is 54.2. The number of esters is 2. The fraction of sp³-hybridized carbons (Fsp3) is 0.625. The number of phosphoric ester groups is 1. The molecule has 74 heavy (non-hydrogen) atoms. The summed E-state index contributed by atoms with van der Waals surface area (Å²) >= 11 is 0. The van der Waals surface area contributed by atoms with Gasteiger partial charge >= 0.3 is 19.8 Å². The fourth-order valence-electron chi connectivity index (χ4n) is 7.20. The van der Waals surface area contributed by atoms with Crippen molar-refractivity contribution in [2.45, 2.75) is 213 Å². The van der Waals surface area contributed by atoms with Gasteiger partial charge in [0.25, 0.3) is 0 Å². The van der Waals surface area contributed by atoms with E-state index < -0.39 is 26.5 Å². The molecular weight excluding hydrogens is 942 g/mol. The van der Waals surface area contributed by atoms with Gasteiger partial charge in [-0.3, -0.25) is 18.6 Å². The quantitative estimate of drug-likeness (QED) is 0.0211. The highest BCUT2D eigenvalue weighted by Crippen LogP contribution is 2.43. The van der Waals surface area contributed by atoms with Gasteiger partial charge in [-0.2, -0.15) is 0 Å². The van der Waals surface area contributed by atoms with Gasteiger partial charge in [-0.05, 0) is 109 Å². The van der Waals surface area contributed by atoms with Crippen molar-refractivity contribution in [3.63, 3.8) is 0 Å². The third kappa shape index (κ3) is 57.4. The highest BCUT2D eigenvalue weighted by atomic mass is 31.2. The zero-order valence-electron chi connectivity index (χ0n) is 47.5. The van der Waals surface area contributed by atoms with Crippen molar-refractivity contribution in [2.24, 2.45) is 0 Å².